The second kappa shape index (κ2) is 10.0. The Bertz CT molecular complexity index is 306. The van der Waals surface area contributed by atoms with E-state index in [1.807, 2.05) is 6.07 Å². The van der Waals surface area contributed by atoms with Gasteiger partial charge in [-0.25, -0.2) is 0 Å². The Kier molecular flexibility index (Phi) is 8.60. The van der Waals surface area contributed by atoms with Gasteiger partial charge >= 0.3 is 7.12 Å². The monoisotopic (exact) mass is 262 g/mol. The third kappa shape index (κ3) is 6.26. The summed E-state index contributed by atoms with van der Waals surface area (Å²) in [5.74, 6) is 0.273. The molecule has 1 atom stereocenters. The van der Waals surface area contributed by atoms with E-state index in [1.54, 1.807) is 0 Å². The van der Waals surface area contributed by atoms with Crippen LogP contribution in [0, 0.1) is 0 Å². The fourth-order valence-electron chi connectivity index (χ4n) is 1.94. The first-order valence-corrected chi connectivity index (χ1v) is 7.57. The first kappa shape index (κ1) is 16.3. The molecule has 0 unspecified atom stereocenters. The zero-order chi connectivity index (χ0) is 13.9. The van der Waals surface area contributed by atoms with Gasteiger partial charge in [0.05, 0.1) is 0 Å². The van der Waals surface area contributed by atoms with Gasteiger partial charge in [0.1, 0.15) is 0 Å². The van der Waals surface area contributed by atoms with Crippen LogP contribution in [0.3, 0.4) is 0 Å². The van der Waals surface area contributed by atoms with E-state index in [0.29, 0.717) is 0 Å². The molecule has 1 aromatic carbocycles. The minimum atomic E-state index is -0.125. The minimum absolute atomic E-state index is 0.125. The molecule has 19 heavy (non-hydrogen) atoms. The third-order valence-corrected chi connectivity index (χ3v) is 3.29. The molecular weight excluding hydrogens is 235 g/mol. The topological polar surface area (TPSA) is 18.5 Å². The van der Waals surface area contributed by atoms with E-state index in [9.17, 15) is 0 Å². The second-order valence-corrected chi connectivity index (χ2v) is 5.02. The maximum atomic E-state index is 5.92. The number of rotatable bonds is 10. The average Bonchev–Trinajstić information content (AvgIpc) is 2.46. The predicted molar refractivity (Wildman–Crippen MR) is 82.3 cm³/mol. The van der Waals surface area contributed by atoms with Crippen LogP contribution in [0.15, 0.2) is 30.3 Å². The van der Waals surface area contributed by atoms with Crippen LogP contribution in [0.5, 0.6) is 0 Å². The fraction of sp³-hybridized carbons (Fsp3) is 0.625. The number of hydrogen-bond acceptors (Lipinski definition) is 2. The quantitative estimate of drug-likeness (QED) is 0.458. The lowest BCUT2D eigenvalue weighted by Crippen LogP contribution is -2.30. The summed E-state index contributed by atoms with van der Waals surface area (Å²) in [6.45, 7) is 8.10. The molecule has 0 fully saturated rings. The smallest absolute Gasteiger partial charge is 0.411 e. The Labute approximate surface area is 118 Å². The molecule has 0 bridgehead atoms. The summed E-state index contributed by atoms with van der Waals surface area (Å²) in [7, 11) is -0.125. The van der Waals surface area contributed by atoms with E-state index in [-0.39, 0.29) is 12.9 Å². The summed E-state index contributed by atoms with van der Waals surface area (Å²) in [4.78, 5) is 0. The molecule has 106 valence electrons. The number of benzene rings is 1. The zero-order valence-corrected chi connectivity index (χ0v) is 12.6. The van der Waals surface area contributed by atoms with Crippen LogP contribution >= 0.6 is 0 Å². The molecule has 0 aliphatic rings. The lowest BCUT2D eigenvalue weighted by atomic mass is 9.69. The van der Waals surface area contributed by atoms with Crippen molar-refractivity contribution < 1.29 is 9.31 Å². The van der Waals surface area contributed by atoms with Crippen LogP contribution in [-0.4, -0.2) is 20.3 Å². The fourth-order valence-corrected chi connectivity index (χ4v) is 1.94. The SMILES string of the molecule is CCCCOB(OCCCC)[C@@H](C)c1ccccc1. The van der Waals surface area contributed by atoms with Crippen molar-refractivity contribution in [3.8, 4) is 0 Å². The average molecular weight is 262 g/mol. The van der Waals surface area contributed by atoms with Gasteiger partial charge in [0.2, 0.25) is 0 Å². The molecule has 3 heteroatoms. The Morgan fingerprint density at radius 3 is 1.95 bits per heavy atom. The van der Waals surface area contributed by atoms with Gasteiger partial charge in [0.25, 0.3) is 0 Å². The van der Waals surface area contributed by atoms with Crippen molar-refractivity contribution in [1.29, 1.82) is 0 Å². The van der Waals surface area contributed by atoms with Gasteiger partial charge in [-0.15, -0.1) is 0 Å². The van der Waals surface area contributed by atoms with Gasteiger partial charge in [-0.2, -0.15) is 0 Å². The molecule has 0 saturated heterocycles. The van der Waals surface area contributed by atoms with Crippen LogP contribution in [-0.2, 0) is 9.31 Å². The van der Waals surface area contributed by atoms with Gasteiger partial charge in [-0.3, -0.25) is 0 Å². The molecule has 0 N–H and O–H groups in total. The van der Waals surface area contributed by atoms with Gasteiger partial charge in [-0.1, -0.05) is 63.9 Å². The molecule has 0 aliphatic heterocycles. The van der Waals surface area contributed by atoms with Crippen molar-refractivity contribution in [2.24, 2.45) is 0 Å². The van der Waals surface area contributed by atoms with Crippen LogP contribution in [0.2, 0.25) is 0 Å². The second-order valence-electron chi connectivity index (χ2n) is 5.02. The maximum Gasteiger partial charge on any atom is 0.464 e. The Hall–Kier alpha value is -0.795. The van der Waals surface area contributed by atoms with Crippen LogP contribution < -0.4 is 0 Å². The molecule has 1 rings (SSSR count). The van der Waals surface area contributed by atoms with E-state index in [2.05, 4.69) is 45.0 Å². The van der Waals surface area contributed by atoms with E-state index < -0.39 is 0 Å². The molecular formula is C16H27BO2. The summed E-state index contributed by atoms with van der Waals surface area (Å²) in [6, 6.07) is 10.5. The van der Waals surface area contributed by atoms with Crippen LogP contribution in [0.4, 0.5) is 0 Å². The minimum Gasteiger partial charge on any atom is -0.411 e. The molecule has 0 heterocycles. The van der Waals surface area contributed by atoms with Crippen molar-refractivity contribution >= 4 is 7.12 Å². The maximum absolute atomic E-state index is 5.92. The van der Waals surface area contributed by atoms with Gasteiger partial charge in [0.15, 0.2) is 0 Å². The van der Waals surface area contributed by atoms with Gasteiger partial charge < -0.3 is 9.31 Å². The summed E-state index contributed by atoms with van der Waals surface area (Å²) in [5.41, 5.74) is 1.28. The van der Waals surface area contributed by atoms with E-state index >= 15 is 0 Å². The molecule has 0 spiro atoms. The molecule has 0 radical (unpaired) electrons. The summed E-state index contributed by atoms with van der Waals surface area (Å²) in [6.07, 6.45) is 4.49. The van der Waals surface area contributed by atoms with Crippen molar-refractivity contribution in [1.82, 2.24) is 0 Å². The number of unbranched alkanes of at least 4 members (excludes halogenated alkanes) is 2. The molecule has 0 amide bonds. The van der Waals surface area contributed by atoms with Crippen molar-refractivity contribution in [3.63, 3.8) is 0 Å². The molecule has 1 aromatic rings. The highest BCUT2D eigenvalue weighted by atomic mass is 16.6. The van der Waals surface area contributed by atoms with E-state index in [0.717, 1.165) is 38.9 Å². The molecule has 0 aliphatic carbocycles. The Morgan fingerprint density at radius 2 is 1.47 bits per heavy atom. The summed E-state index contributed by atoms with van der Waals surface area (Å²) >= 11 is 0. The summed E-state index contributed by atoms with van der Waals surface area (Å²) in [5, 5.41) is 0. The van der Waals surface area contributed by atoms with E-state index in [4.69, 9.17) is 9.31 Å². The predicted octanol–water partition coefficient (Wildman–Crippen LogP) is 4.45. The summed E-state index contributed by atoms with van der Waals surface area (Å²) < 4.78 is 11.8. The number of hydrogen-bond donors (Lipinski definition) is 0. The Balaban J connectivity index is 2.55. The normalized spacial score (nSPS) is 12.4. The Morgan fingerprint density at radius 1 is 0.947 bits per heavy atom. The van der Waals surface area contributed by atoms with E-state index in [1.165, 1.54) is 5.56 Å². The highest BCUT2D eigenvalue weighted by Crippen LogP contribution is 2.20. The standard InChI is InChI=1S/C16H27BO2/c1-4-6-13-18-17(19-14-7-5-2)15(3)16-11-9-8-10-12-16/h8-12,15H,4-7,13-14H2,1-3H3/t15-/m0/s1. The largest absolute Gasteiger partial charge is 0.464 e. The third-order valence-electron chi connectivity index (χ3n) is 3.29. The van der Waals surface area contributed by atoms with Gasteiger partial charge in [-0.05, 0) is 18.4 Å². The highest BCUT2D eigenvalue weighted by molar-refractivity contribution is 6.46. The molecule has 0 aromatic heterocycles. The van der Waals surface area contributed by atoms with Crippen molar-refractivity contribution in [2.45, 2.75) is 52.3 Å². The molecule has 0 saturated carbocycles. The van der Waals surface area contributed by atoms with Crippen LogP contribution in [0.25, 0.3) is 0 Å². The van der Waals surface area contributed by atoms with Gasteiger partial charge in [0, 0.05) is 19.0 Å². The van der Waals surface area contributed by atoms with Crippen molar-refractivity contribution in [2.75, 3.05) is 13.2 Å². The van der Waals surface area contributed by atoms with Crippen LogP contribution in [0.1, 0.15) is 57.8 Å². The molecule has 2 nitrogen and oxygen atoms in total. The highest BCUT2D eigenvalue weighted by Gasteiger charge is 2.27. The van der Waals surface area contributed by atoms with Crippen molar-refractivity contribution in [3.05, 3.63) is 35.9 Å². The zero-order valence-electron chi connectivity index (χ0n) is 12.6. The lowest BCUT2D eigenvalue weighted by Gasteiger charge is -2.21. The first-order valence-electron chi connectivity index (χ1n) is 7.57. The lowest BCUT2D eigenvalue weighted by molar-refractivity contribution is 0.185. The first-order chi connectivity index (χ1) is 9.29.